The number of ketones is 1. The first kappa shape index (κ1) is 13.1. The maximum Gasteiger partial charge on any atom is 0.322 e. The van der Waals surface area contributed by atoms with Crippen molar-refractivity contribution in [1.82, 2.24) is 4.31 Å². The third-order valence-electron chi connectivity index (χ3n) is 2.48. The van der Waals surface area contributed by atoms with Gasteiger partial charge in [0.2, 0.25) is 10.0 Å². The number of rotatable bonds is 4. The van der Waals surface area contributed by atoms with Crippen molar-refractivity contribution in [1.29, 1.82) is 0 Å². The second-order valence-corrected chi connectivity index (χ2v) is 5.83. The van der Waals surface area contributed by atoms with Crippen molar-refractivity contribution in [3.63, 3.8) is 0 Å². The lowest BCUT2D eigenvalue weighted by Crippen LogP contribution is -2.51. The molecule has 0 saturated carbocycles. The summed E-state index contributed by atoms with van der Waals surface area (Å²) >= 11 is 0. The van der Waals surface area contributed by atoms with E-state index in [0.717, 1.165) is 4.31 Å². The molecule has 0 aromatic heterocycles. The Balaban J connectivity index is 2.95. The highest BCUT2D eigenvalue weighted by Crippen LogP contribution is 2.19. The number of piperidine rings is 1. The lowest BCUT2D eigenvalue weighted by molar-refractivity contribution is -0.143. The number of hydrogen-bond acceptors (Lipinski definition) is 4. The van der Waals surface area contributed by atoms with Gasteiger partial charge in [0.1, 0.15) is 11.8 Å². The van der Waals surface area contributed by atoms with E-state index in [0.29, 0.717) is 6.42 Å². The van der Waals surface area contributed by atoms with Crippen LogP contribution in [0.25, 0.3) is 0 Å². The first-order valence-corrected chi connectivity index (χ1v) is 6.73. The van der Waals surface area contributed by atoms with Crippen molar-refractivity contribution in [2.75, 3.05) is 12.3 Å². The number of nitrogens with zero attached hydrogens (tertiary/aromatic N) is 1. The molecule has 1 aliphatic rings. The van der Waals surface area contributed by atoms with E-state index in [1.165, 1.54) is 0 Å². The predicted molar refractivity (Wildman–Crippen MR) is 56.4 cm³/mol. The molecular weight excluding hydrogens is 234 g/mol. The van der Waals surface area contributed by atoms with Crippen LogP contribution in [0.2, 0.25) is 0 Å². The third kappa shape index (κ3) is 2.79. The zero-order chi connectivity index (χ0) is 12.3. The van der Waals surface area contributed by atoms with E-state index in [1.807, 2.05) is 0 Å². The van der Waals surface area contributed by atoms with Gasteiger partial charge in [-0.3, -0.25) is 9.59 Å². The largest absolute Gasteiger partial charge is 0.480 e. The Morgan fingerprint density at radius 3 is 2.69 bits per heavy atom. The van der Waals surface area contributed by atoms with Crippen LogP contribution >= 0.6 is 0 Å². The Bertz CT molecular complexity index is 389. The monoisotopic (exact) mass is 249 g/mol. The molecule has 0 aromatic carbocycles. The normalized spacial score (nSPS) is 23.3. The molecule has 0 amide bonds. The van der Waals surface area contributed by atoms with Crippen LogP contribution in [0.15, 0.2) is 0 Å². The standard InChI is InChI=1S/C9H15NO5S/c1-2-5-16(14,15)10-6-7(11)3-4-8(10)9(12)13/h8H,2-6H2,1H3,(H,12,13). The minimum absolute atomic E-state index is 0.0666. The molecule has 0 aliphatic carbocycles. The zero-order valence-corrected chi connectivity index (χ0v) is 9.87. The highest BCUT2D eigenvalue weighted by atomic mass is 32.2. The number of carboxylic acids is 1. The Morgan fingerprint density at radius 2 is 2.19 bits per heavy atom. The van der Waals surface area contributed by atoms with E-state index in [1.54, 1.807) is 6.92 Å². The molecule has 0 aromatic rings. The number of aliphatic carboxylic acids is 1. The van der Waals surface area contributed by atoms with Crippen LogP contribution in [-0.4, -0.2) is 47.9 Å². The fourth-order valence-corrected chi connectivity index (χ4v) is 3.39. The third-order valence-corrected chi connectivity index (χ3v) is 4.50. The van der Waals surface area contributed by atoms with Gasteiger partial charge in [-0.2, -0.15) is 4.31 Å². The van der Waals surface area contributed by atoms with Crippen molar-refractivity contribution in [3.8, 4) is 0 Å². The molecule has 1 fully saturated rings. The van der Waals surface area contributed by atoms with Crippen LogP contribution in [0.5, 0.6) is 0 Å². The maximum absolute atomic E-state index is 11.8. The van der Waals surface area contributed by atoms with Gasteiger partial charge in [0.15, 0.2) is 0 Å². The summed E-state index contributed by atoms with van der Waals surface area (Å²) < 4.78 is 24.3. The number of Topliss-reactive ketones (excluding diaryl/α,β-unsaturated/α-hetero) is 1. The second kappa shape index (κ2) is 4.92. The lowest BCUT2D eigenvalue weighted by atomic mass is 10.0. The summed E-state index contributed by atoms with van der Waals surface area (Å²) in [7, 11) is -3.63. The Morgan fingerprint density at radius 1 is 1.56 bits per heavy atom. The highest BCUT2D eigenvalue weighted by molar-refractivity contribution is 7.89. The molecule has 0 bridgehead atoms. The molecule has 7 heteroatoms. The van der Waals surface area contributed by atoms with Crippen molar-refractivity contribution >= 4 is 21.8 Å². The Hall–Kier alpha value is -0.950. The fourth-order valence-electron chi connectivity index (χ4n) is 1.72. The summed E-state index contributed by atoms with van der Waals surface area (Å²) in [6.07, 6.45) is 0.603. The first-order chi connectivity index (χ1) is 7.38. The smallest absolute Gasteiger partial charge is 0.322 e. The molecule has 6 nitrogen and oxygen atoms in total. The van der Waals surface area contributed by atoms with Gasteiger partial charge >= 0.3 is 5.97 Å². The first-order valence-electron chi connectivity index (χ1n) is 5.12. The van der Waals surface area contributed by atoms with E-state index in [2.05, 4.69) is 0 Å². The van der Waals surface area contributed by atoms with Gasteiger partial charge < -0.3 is 5.11 Å². The van der Waals surface area contributed by atoms with Gasteiger partial charge in [0, 0.05) is 6.42 Å². The second-order valence-electron chi connectivity index (χ2n) is 3.79. The fraction of sp³-hybridized carbons (Fsp3) is 0.778. The number of sulfonamides is 1. The quantitative estimate of drug-likeness (QED) is 0.747. The molecule has 1 rings (SSSR count). The molecule has 1 N–H and O–H groups in total. The molecule has 92 valence electrons. The maximum atomic E-state index is 11.8. The molecule has 1 unspecified atom stereocenters. The van der Waals surface area contributed by atoms with E-state index >= 15 is 0 Å². The van der Waals surface area contributed by atoms with E-state index in [9.17, 15) is 18.0 Å². The number of hydrogen-bond donors (Lipinski definition) is 1. The molecule has 0 spiro atoms. The minimum atomic E-state index is -3.63. The van der Waals surface area contributed by atoms with Gasteiger partial charge in [-0.25, -0.2) is 8.42 Å². The average Bonchev–Trinajstić information content (AvgIpc) is 2.17. The van der Waals surface area contributed by atoms with Crippen molar-refractivity contribution in [2.24, 2.45) is 0 Å². The summed E-state index contributed by atoms with van der Waals surface area (Å²) in [6.45, 7) is 1.39. The van der Waals surface area contributed by atoms with Crippen molar-refractivity contribution in [2.45, 2.75) is 32.2 Å². The highest BCUT2D eigenvalue weighted by Gasteiger charge is 2.38. The van der Waals surface area contributed by atoms with Gasteiger partial charge in [-0.1, -0.05) is 6.92 Å². The molecular formula is C9H15NO5S. The summed E-state index contributed by atoms with van der Waals surface area (Å²) in [5.41, 5.74) is 0. The van der Waals surface area contributed by atoms with Crippen LogP contribution in [0.1, 0.15) is 26.2 Å². The Kier molecular flexibility index (Phi) is 4.03. The number of carboxylic acid groups (broad SMARTS) is 1. The lowest BCUT2D eigenvalue weighted by Gasteiger charge is -2.30. The van der Waals surface area contributed by atoms with Crippen LogP contribution in [0, 0.1) is 0 Å². The molecule has 0 radical (unpaired) electrons. The summed E-state index contributed by atoms with van der Waals surface area (Å²) in [5.74, 6) is -1.53. The number of carbonyl (C=O) groups is 2. The van der Waals surface area contributed by atoms with Crippen LogP contribution < -0.4 is 0 Å². The molecule has 1 heterocycles. The minimum Gasteiger partial charge on any atom is -0.480 e. The van der Waals surface area contributed by atoms with Crippen LogP contribution in [-0.2, 0) is 19.6 Å². The van der Waals surface area contributed by atoms with Crippen LogP contribution in [0.3, 0.4) is 0 Å². The molecule has 1 saturated heterocycles. The number of carbonyl (C=O) groups excluding carboxylic acids is 1. The SMILES string of the molecule is CCCS(=O)(=O)N1CC(=O)CCC1C(=O)O. The molecule has 1 atom stereocenters. The van der Waals surface area contributed by atoms with Crippen LogP contribution in [0.4, 0.5) is 0 Å². The predicted octanol–water partition coefficient (Wildman–Crippen LogP) is -0.156. The Labute approximate surface area is 94.3 Å². The van der Waals surface area contributed by atoms with E-state index < -0.39 is 22.0 Å². The molecule has 1 aliphatic heterocycles. The molecule has 16 heavy (non-hydrogen) atoms. The topological polar surface area (TPSA) is 91.8 Å². The van der Waals surface area contributed by atoms with E-state index in [4.69, 9.17) is 5.11 Å². The van der Waals surface area contributed by atoms with Crippen molar-refractivity contribution < 1.29 is 23.1 Å². The summed E-state index contributed by atoms with van der Waals surface area (Å²) in [6, 6.07) is -1.09. The van der Waals surface area contributed by atoms with Gasteiger partial charge in [0.25, 0.3) is 0 Å². The van der Waals surface area contributed by atoms with Crippen molar-refractivity contribution in [3.05, 3.63) is 0 Å². The van der Waals surface area contributed by atoms with Gasteiger partial charge in [-0.05, 0) is 12.8 Å². The van der Waals surface area contributed by atoms with E-state index in [-0.39, 0.29) is 30.9 Å². The average molecular weight is 249 g/mol. The summed E-state index contributed by atoms with van der Waals surface area (Å²) in [4.78, 5) is 22.1. The van der Waals surface area contributed by atoms with Gasteiger partial charge in [-0.15, -0.1) is 0 Å². The van der Waals surface area contributed by atoms with Gasteiger partial charge in [0.05, 0.1) is 12.3 Å². The zero-order valence-electron chi connectivity index (χ0n) is 9.05. The summed E-state index contributed by atoms with van der Waals surface area (Å²) in [5, 5.41) is 8.91.